The molecule has 1 amide bonds. The molecule has 1 aliphatic rings. The first-order chi connectivity index (χ1) is 13.5. The molecular weight excluding hydrogens is 356 g/mol. The molecule has 9 nitrogen and oxygen atoms in total. The van der Waals surface area contributed by atoms with Crippen LogP contribution >= 0.6 is 0 Å². The normalized spacial score (nSPS) is 13.1. The first-order valence-electron chi connectivity index (χ1n) is 9.10. The monoisotopic (exact) mass is 378 g/mol. The molecule has 3 aromatic rings. The van der Waals surface area contributed by atoms with Crippen molar-refractivity contribution in [2.45, 2.75) is 26.6 Å². The van der Waals surface area contributed by atoms with E-state index in [-0.39, 0.29) is 12.5 Å². The number of pyridine rings is 2. The molecule has 0 aromatic carbocycles. The standard InChI is InChI=1S/C19H22N8O/c1-4-26-11-21-24-18(26)14-6-5-7-16(22-14)27-10-13-12(19(27)28)8-17(25(2)3)23-15(13)9-20/h5-8,11H,4,9-10,20H2,1-3H3. The summed E-state index contributed by atoms with van der Waals surface area (Å²) >= 11 is 0. The second-order valence-electron chi connectivity index (χ2n) is 6.76. The number of hydrogen-bond donors (Lipinski definition) is 1. The number of carbonyl (C=O) groups is 1. The molecule has 0 spiro atoms. The summed E-state index contributed by atoms with van der Waals surface area (Å²) in [6.07, 6.45) is 1.67. The van der Waals surface area contributed by atoms with E-state index in [1.807, 2.05) is 54.8 Å². The lowest BCUT2D eigenvalue weighted by Gasteiger charge is -2.15. The lowest BCUT2D eigenvalue weighted by Crippen LogP contribution is -2.24. The van der Waals surface area contributed by atoms with Gasteiger partial charge in [-0.2, -0.15) is 0 Å². The molecule has 0 radical (unpaired) electrons. The predicted molar refractivity (Wildman–Crippen MR) is 106 cm³/mol. The van der Waals surface area contributed by atoms with Crippen LogP contribution in [0.1, 0.15) is 28.5 Å². The quantitative estimate of drug-likeness (QED) is 0.716. The van der Waals surface area contributed by atoms with Crippen LogP contribution < -0.4 is 15.5 Å². The van der Waals surface area contributed by atoms with Crippen LogP contribution in [0, 0.1) is 0 Å². The number of aryl methyl sites for hydroxylation is 1. The van der Waals surface area contributed by atoms with Crippen molar-refractivity contribution in [3.63, 3.8) is 0 Å². The zero-order valence-corrected chi connectivity index (χ0v) is 16.1. The summed E-state index contributed by atoms with van der Waals surface area (Å²) in [6.45, 7) is 3.43. The Kier molecular flexibility index (Phi) is 4.52. The highest BCUT2D eigenvalue weighted by Crippen LogP contribution is 2.31. The smallest absolute Gasteiger partial charge is 0.260 e. The van der Waals surface area contributed by atoms with Crippen LogP contribution in [0.3, 0.4) is 0 Å². The molecule has 0 saturated carbocycles. The van der Waals surface area contributed by atoms with Crippen LogP contribution in [-0.2, 0) is 19.6 Å². The molecule has 0 unspecified atom stereocenters. The molecule has 28 heavy (non-hydrogen) atoms. The van der Waals surface area contributed by atoms with Gasteiger partial charge < -0.3 is 15.2 Å². The average Bonchev–Trinajstić information content (AvgIpc) is 3.32. The van der Waals surface area contributed by atoms with Gasteiger partial charge in [0.2, 0.25) is 0 Å². The van der Waals surface area contributed by atoms with Crippen LogP contribution in [0.25, 0.3) is 11.5 Å². The Bertz CT molecular complexity index is 1040. The van der Waals surface area contributed by atoms with Crippen molar-refractivity contribution in [2.75, 3.05) is 23.9 Å². The Hall–Kier alpha value is -3.33. The molecular formula is C19H22N8O. The second kappa shape index (κ2) is 7.01. The van der Waals surface area contributed by atoms with Gasteiger partial charge in [0, 0.05) is 32.7 Å². The first-order valence-corrected chi connectivity index (χ1v) is 9.10. The van der Waals surface area contributed by atoms with Crippen LogP contribution in [0.5, 0.6) is 0 Å². The number of hydrogen-bond acceptors (Lipinski definition) is 7. The largest absolute Gasteiger partial charge is 0.363 e. The first kappa shape index (κ1) is 18.1. The zero-order chi connectivity index (χ0) is 19.8. The van der Waals surface area contributed by atoms with Crippen molar-refractivity contribution in [3.05, 3.63) is 47.4 Å². The Morgan fingerprint density at radius 3 is 2.79 bits per heavy atom. The third kappa shape index (κ3) is 2.89. The molecule has 0 bridgehead atoms. The van der Waals surface area contributed by atoms with E-state index in [2.05, 4.69) is 20.2 Å². The minimum absolute atomic E-state index is 0.100. The minimum Gasteiger partial charge on any atom is -0.363 e. The Labute approximate surface area is 162 Å². The SMILES string of the molecule is CCn1cnnc1-c1cccc(N2Cc3c(cc(N(C)C)nc3CN)C2=O)n1. The molecule has 4 rings (SSSR count). The maximum atomic E-state index is 13.1. The van der Waals surface area contributed by atoms with Crippen LogP contribution in [0.4, 0.5) is 11.6 Å². The van der Waals surface area contributed by atoms with Crippen molar-refractivity contribution < 1.29 is 4.79 Å². The van der Waals surface area contributed by atoms with E-state index in [1.54, 1.807) is 11.2 Å². The summed E-state index contributed by atoms with van der Waals surface area (Å²) in [7, 11) is 3.78. The highest BCUT2D eigenvalue weighted by molar-refractivity contribution is 6.10. The van der Waals surface area contributed by atoms with Crippen LogP contribution in [-0.4, -0.2) is 44.7 Å². The maximum Gasteiger partial charge on any atom is 0.260 e. The average molecular weight is 378 g/mol. The van der Waals surface area contributed by atoms with Crippen LogP contribution in [0.15, 0.2) is 30.6 Å². The molecule has 0 saturated heterocycles. The second-order valence-corrected chi connectivity index (χ2v) is 6.76. The van der Waals surface area contributed by atoms with Crippen molar-refractivity contribution >= 4 is 17.5 Å². The Balaban J connectivity index is 1.73. The van der Waals surface area contributed by atoms with E-state index in [1.165, 1.54) is 0 Å². The van der Waals surface area contributed by atoms with Gasteiger partial charge in [0.05, 0.1) is 17.8 Å². The maximum absolute atomic E-state index is 13.1. The van der Waals surface area contributed by atoms with Gasteiger partial charge in [-0.05, 0) is 25.1 Å². The van der Waals surface area contributed by atoms with E-state index in [4.69, 9.17) is 5.73 Å². The zero-order valence-electron chi connectivity index (χ0n) is 16.1. The summed E-state index contributed by atoms with van der Waals surface area (Å²) in [5.74, 6) is 1.86. The predicted octanol–water partition coefficient (Wildman–Crippen LogP) is 1.44. The van der Waals surface area contributed by atoms with Gasteiger partial charge in [-0.1, -0.05) is 6.07 Å². The summed E-state index contributed by atoms with van der Waals surface area (Å²) < 4.78 is 1.91. The van der Waals surface area contributed by atoms with E-state index in [0.717, 1.165) is 17.8 Å². The van der Waals surface area contributed by atoms with Gasteiger partial charge in [0.15, 0.2) is 5.82 Å². The summed E-state index contributed by atoms with van der Waals surface area (Å²) in [5, 5.41) is 8.12. The molecule has 2 N–H and O–H groups in total. The fourth-order valence-corrected chi connectivity index (χ4v) is 3.32. The third-order valence-electron chi connectivity index (χ3n) is 4.84. The number of anilines is 2. The number of nitrogens with zero attached hydrogens (tertiary/aromatic N) is 7. The van der Waals surface area contributed by atoms with E-state index >= 15 is 0 Å². The molecule has 0 atom stereocenters. The minimum atomic E-state index is -0.100. The summed E-state index contributed by atoms with van der Waals surface area (Å²) in [5.41, 5.74) is 8.80. The van der Waals surface area contributed by atoms with Gasteiger partial charge in [0.25, 0.3) is 5.91 Å². The third-order valence-corrected chi connectivity index (χ3v) is 4.84. The van der Waals surface area contributed by atoms with Crippen molar-refractivity contribution in [1.29, 1.82) is 0 Å². The number of aromatic nitrogens is 5. The van der Waals surface area contributed by atoms with Gasteiger partial charge in [-0.25, -0.2) is 9.97 Å². The summed E-state index contributed by atoms with van der Waals surface area (Å²) in [6, 6.07) is 7.37. The molecule has 4 heterocycles. The molecule has 1 aliphatic heterocycles. The Morgan fingerprint density at radius 2 is 2.07 bits per heavy atom. The Morgan fingerprint density at radius 1 is 1.25 bits per heavy atom. The van der Waals surface area contributed by atoms with E-state index in [9.17, 15) is 4.79 Å². The molecule has 3 aromatic heterocycles. The molecule has 144 valence electrons. The topological polar surface area (TPSA) is 106 Å². The molecule has 0 fully saturated rings. The highest BCUT2D eigenvalue weighted by atomic mass is 16.2. The van der Waals surface area contributed by atoms with Gasteiger partial charge >= 0.3 is 0 Å². The lowest BCUT2D eigenvalue weighted by atomic mass is 10.1. The van der Waals surface area contributed by atoms with Crippen molar-refractivity contribution in [1.82, 2.24) is 24.7 Å². The van der Waals surface area contributed by atoms with Crippen molar-refractivity contribution in [3.8, 4) is 11.5 Å². The van der Waals surface area contributed by atoms with Crippen LogP contribution in [0.2, 0.25) is 0 Å². The summed E-state index contributed by atoms with van der Waals surface area (Å²) in [4.78, 5) is 25.9. The number of fused-ring (bicyclic) bond motifs is 1. The van der Waals surface area contributed by atoms with Crippen molar-refractivity contribution in [2.24, 2.45) is 5.73 Å². The molecule has 0 aliphatic carbocycles. The van der Waals surface area contributed by atoms with E-state index in [0.29, 0.717) is 35.3 Å². The fraction of sp³-hybridized carbons (Fsp3) is 0.316. The lowest BCUT2D eigenvalue weighted by molar-refractivity contribution is 0.0996. The van der Waals surface area contributed by atoms with E-state index < -0.39 is 0 Å². The number of nitrogens with two attached hydrogens (primary N) is 1. The van der Waals surface area contributed by atoms with Gasteiger partial charge in [-0.3, -0.25) is 9.69 Å². The fourth-order valence-electron chi connectivity index (χ4n) is 3.32. The molecule has 9 heteroatoms. The van der Waals surface area contributed by atoms with Gasteiger partial charge in [0.1, 0.15) is 23.7 Å². The van der Waals surface area contributed by atoms with Gasteiger partial charge in [-0.15, -0.1) is 10.2 Å². The number of rotatable bonds is 5. The number of amides is 1. The number of carbonyl (C=O) groups excluding carboxylic acids is 1. The highest BCUT2D eigenvalue weighted by Gasteiger charge is 2.32.